The molecule has 0 bridgehead atoms. The van der Waals surface area contributed by atoms with Crippen molar-refractivity contribution in [3.05, 3.63) is 70.5 Å². The van der Waals surface area contributed by atoms with Crippen LogP contribution in [0.25, 0.3) is 0 Å². The van der Waals surface area contributed by atoms with Crippen LogP contribution in [0.2, 0.25) is 5.02 Å². The third-order valence-electron chi connectivity index (χ3n) is 3.22. The van der Waals surface area contributed by atoms with Gasteiger partial charge in [0, 0.05) is 17.6 Å². The summed E-state index contributed by atoms with van der Waals surface area (Å²) in [5, 5.41) is 13.9. The molecule has 2 nitrogen and oxygen atoms in total. The molecule has 20 heavy (non-hydrogen) atoms. The van der Waals surface area contributed by atoms with E-state index in [1.54, 1.807) is 30.3 Å². The van der Waals surface area contributed by atoms with E-state index in [-0.39, 0.29) is 11.9 Å². The van der Waals surface area contributed by atoms with E-state index in [0.717, 1.165) is 11.1 Å². The maximum atomic E-state index is 13.1. The van der Waals surface area contributed by atoms with E-state index >= 15 is 0 Å². The molecule has 0 aliphatic rings. The van der Waals surface area contributed by atoms with Gasteiger partial charge >= 0.3 is 0 Å². The zero-order chi connectivity index (χ0) is 14.5. The molecule has 2 atom stereocenters. The Bertz CT molecular complexity index is 559. The molecule has 2 rings (SSSR count). The first-order valence-electron chi connectivity index (χ1n) is 6.48. The molecule has 0 radical (unpaired) electrons. The van der Waals surface area contributed by atoms with Crippen molar-refractivity contribution < 1.29 is 9.50 Å². The van der Waals surface area contributed by atoms with E-state index in [2.05, 4.69) is 5.32 Å². The molecule has 2 aromatic rings. The second kappa shape index (κ2) is 6.84. The lowest BCUT2D eigenvalue weighted by Gasteiger charge is -2.18. The Hall–Kier alpha value is -1.42. The molecule has 0 aliphatic heterocycles. The fourth-order valence-electron chi connectivity index (χ4n) is 1.98. The Morgan fingerprint density at radius 1 is 1.15 bits per heavy atom. The van der Waals surface area contributed by atoms with Gasteiger partial charge in [0.05, 0.1) is 6.10 Å². The Labute approximate surface area is 123 Å². The number of aliphatic hydroxyl groups excluding tert-OH is 1. The van der Waals surface area contributed by atoms with E-state index in [1.165, 1.54) is 12.1 Å². The molecule has 0 aliphatic carbocycles. The van der Waals surface area contributed by atoms with Crippen LogP contribution in [0.4, 0.5) is 4.39 Å². The maximum Gasteiger partial charge on any atom is 0.123 e. The summed E-state index contributed by atoms with van der Waals surface area (Å²) in [5.41, 5.74) is 1.65. The van der Waals surface area contributed by atoms with Gasteiger partial charge in [0.2, 0.25) is 0 Å². The van der Waals surface area contributed by atoms with Crippen molar-refractivity contribution in [2.75, 3.05) is 6.54 Å². The summed E-state index contributed by atoms with van der Waals surface area (Å²) in [6, 6.07) is 13.5. The number of halogens is 2. The van der Waals surface area contributed by atoms with Crippen LogP contribution in [0.5, 0.6) is 0 Å². The van der Waals surface area contributed by atoms with Crippen molar-refractivity contribution in [1.29, 1.82) is 0 Å². The van der Waals surface area contributed by atoms with Gasteiger partial charge in [0.1, 0.15) is 5.82 Å². The number of benzene rings is 2. The predicted molar refractivity (Wildman–Crippen MR) is 79.2 cm³/mol. The smallest absolute Gasteiger partial charge is 0.123 e. The molecule has 0 aromatic heterocycles. The number of rotatable bonds is 5. The third-order valence-corrected chi connectivity index (χ3v) is 3.47. The van der Waals surface area contributed by atoms with Gasteiger partial charge in [-0.05, 0) is 42.3 Å². The Morgan fingerprint density at radius 3 is 2.50 bits per heavy atom. The topological polar surface area (TPSA) is 32.3 Å². The summed E-state index contributed by atoms with van der Waals surface area (Å²) in [4.78, 5) is 0. The number of hydrogen-bond acceptors (Lipinski definition) is 2. The molecule has 0 saturated heterocycles. The lowest BCUT2D eigenvalue weighted by molar-refractivity contribution is 0.171. The van der Waals surface area contributed by atoms with Crippen molar-refractivity contribution >= 4 is 11.6 Å². The first-order chi connectivity index (χ1) is 9.56. The first kappa shape index (κ1) is 15.0. The van der Waals surface area contributed by atoms with Gasteiger partial charge in [-0.3, -0.25) is 0 Å². The molecule has 0 saturated carbocycles. The van der Waals surface area contributed by atoms with Crippen molar-refractivity contribution in [3.8, 4) is 0 Å². The first-order valence-corrected chi connectivity index (χ1v) is 6.86. The predicted octanol–water partition coefficient (Wildman–Crippen LogP) is 3.86. The van der Waals surface area contributed by atoms with E-state index in [0.29, 0.717) is 11.6 Å². The highest BCUT2D eigenvalue weighted by Gasteiger charge is 2.11. The lowest BCUT2D eigenvalue weighted by atomic mass is 10.1. The molecule has 0 amide bonds. The summed E-state index contributed by atoms with van der Waals surface area (Å²) in [7, 11) is 0. The molecule has 106 valence electrons. The highest BCUT2D eigenvalue weighted by molar-refractivity contribution is 6.30. The van der Waals surface area contributed by atoms with Gasteiger partial charge in [0.25, 0.3) is 0 Å². The fourth-order valence-corrected chi connectivity index (χ4v) is 2.11. The highest BCUT2D eigenvalue weighted by atomic mass is 35.5. The van der Waals surface area contributed by atoms with Crippen LogP contribution < -0.4 is 5.32 Å². The largest absolute Gasteiger partial charge is 0.387 e. The highest BCUT2D eigenvalue weighted by Crippen LogP contribution is 2.18. The van der Waals surface area contributed by atoms with E-state index in [4.69, 9.17) is 11.6 Å². The lowest BCUT2D eigenvalue weighted by Crippen LogP contribution is -2.24. The average Bonchev–Trinajstić information content (AvgIpc) is 2.45. The SMILES string of the molecule is CC(NCC(O)c1ccc(Cl)cc1)c1cccc(F)c1. The second-order valence-corrected chi connectivity index (χ2v) is 5.19. The summed E-state index contributed by atoms with van der Waals surface area (Å²) >= 11 is 5.81. The van der Waals surface area contributed by atoms with Crippen LogP contribution in [0, 0.1) is 5.82 Å². The minimum Gasteiger partial charge on any atom is -0.387 e. The maximum absolute atomic E-state index is 13.1. The third kappa shape index (κ3) is 4.04. The van der Waals surface area contributed by atoms with Crippen molar-refractivity contribution in [1.82, 2.24) is 5.32 Å². The normalized spacial score (nSPS) is 14.0. The van der Waals surface area contributed by atoms with Gasteiger partial charge in [-0.1, -0.05) is 35.9 Å². The average molecular weight is 294 g/mol. The molecule has 4 heteroatoms. The summed E-state index contributed by atoms with van der Waals surface area (Å²) in [5.74, 6) is -0.255. The molecule has 0 heterocycles. The van der Waals surface area contributed by atoms with Gasteiger partial charge < -0.3 is 10.4 Å². The fraction of sp³-hybridized carbons (Fsp3) is 0.250. The zero-order valence-electron chi connectivity index (χ0n) is 11.2. The van der Waals surface area contributed by atoms with E-state index in [9.17, 15) is 9.50 Å². The number of nitrogens with one attached hydrogen (secondary N) is 1. The van der Waals surface area contributed by atoms with Gasteiger partial charge in [-0.2, -0.15) is 0 Å². The van der Waals surface area contributed by atoms with Gasteiger partial charge in [-0.15, -0.1) is 0 Å². The van der Waals surface area contributed by atoms with Crippen LogP contribution in [0.3, 0.4) is 0 Å². The molecule has 2 N–H and O–H groups in total. The Morgan fingerprint density at radius 2 is 1.85 bits per heavy atom. The summed E-state index contributed by atoms with van der Waals surface area (Å²) < 4.78 is 13.1. The second-order valence-electron chi connectivity index (χ2n) is 4.75. The van der Waals surface area contributed by atoms with Crippen LogP contribution in [0.15, 0.2) is 48.5 Å². The minimum absolute atomic E-state index is 0.0346. The van der Waals surface area contributed by atoms with Gasteiger partial charge in [0.15, 0.2) is 0 Å². The number of hydrogen-bond donors (Lipinski definition) is 2. The van der Waals surface area contributed by atoms with E-state index in [1.807, 2.05) is 13.0 Å². The van der Waals surface area contributed by atoms with Crippen molar-refractivity contribution in [2.45, 2.75) is 19.1 Å². The quantitative estimate of drug-likeness (QED) is 0.877. The molecule has 2 unspecified atom stereocenters. The van der Waals surface area contributed by atoms with Gasteiger partial charge in [-0.25, -0.2) is 4.39 Å². The monoisotopic (exact) mass is 293 g/mol. The van der Waals surface area contributed by atoms with Crippen molar-refractivity contribution in [3.63, 3.8) is 0 Å². The van der Waals surface area contributed by atoms with Crippen LogP contribution in [0.1, 0.15) is 30.2 Å². The molecular weight excluding hydrogens is 277 g/mol. The van der Waals surface area contributed by atoms with E-state index < -0.39 is 6.10 Å². The number of aliphatic hydroxyl groups is 1. The molecule has 0 fully saturated rings. The van der Waals surface area contributed by atoms with Crippen LogP contribution in [-0.2, 0) is 0 Å². The van der Waals surface area contributed by atoms with Crippen molar-refractivity contribution in [2.24, 2.45) is 0 Å². The minimum atomic E-state index is -0.622. The summed E-state index contributed by atoms with van der Waals surface area (Å²) in [6.45, 7) is 2.32. The van der Waals surface area contributed by atoms with Crippen LogP contribution >= 0.6 is 11.6 Å². The summed E-state index contributed by atoms with van der Waals surface area (Å²) in [6.07, 6.45) is -0.622. The zero-order valence-corrected chi connectivity index (χ0v) is 11.9. The standard InChI is InChI=1S/C16H17ClFNO/c1-11(13-3-2-4-15(18)9-13)19-10-16(20)12-5-7-14(17)8-6-12/h2-9,11,16,19-20H,10H2,1H3. The Kier molecular flexibility index (Phi) is 5.12. The van der Waals surface area contributed by atoms with Crippen LogP contribution in [-0.4, -0.2) is 11.7 Å². The molecule has 2 aromatic carbocycles. The molecular formula is C16H17ClFNO. The Balaban J connectivity index is 1.93. The molecule has 0 spiro atoms.